The largest absolute Gasteiger partial charge is 0.339 e. The molecule has 0 radical (unpaired) electrons. The summed E-state index contributed by atoms with van der Waals surface area (Å²) in [6.07, 6.45) is 3.19. The van der Waals surface area contributed by atoms with Crippen molar-refractivity contribution in [2.24, 2.45) is 0 Å². The number of para-hydroxylation sites is 1. The quantitative estimate of drug-likeness (QED) is 0.481. The SMILES string of the molecule is C[C@@H]1CCCCN1C(=O)CSc1nc2ccccc2c(=O)n1-c1ccc(F)cc1. The number of nitrogens with zero attached hydrogens (tertiary/aromatic N) is 3. The maximum atomic E-state index is 13.4. The highest BCUT2D eigenvalue weighted by atomic mass is 32.2. The maximum absolute atomic E-state index is 13.4. The molecule has 0 bridgehead atoms. The van der Waals surface area contributed by atoms with E-state index in [1.165, 1.54) is 28.5 Å². The highest BCUT2D eigenvalue weighted by Crippen LogP contribution is 2.24. The minimum atomic E-state index is -0.376. The first-order valence-corrected chi connectivity index (χ1v) is 10.7. The van der Waals surface area contributed by atoms with E-state index in [4.69, 9.17) is 0 Å². The molecule has 1 aliphatic rings. The summed E-state index contributed by atoms with van der Waals surface area (Å²) in [5, 5.41) is 0.912. The van der Waals surface area contributed by atoms with Gasteiger partial charge >= 0.3 is 0 Å². The summed E-state index contributed by atoms with van der Waals surface area (Å²) in [5.41, 5.74) is 0.872. The zero-order valence-electron chi connectivity index (χ0n) is 16.2. The van der Waals surface area contributed by atoms with E-state index in [-0.39, 0.29) is 29.1 Å². The third kappa shape index (κ3) is 4.05. The van der Waals surface area contributed by atoms with Gasteiger partial charge in [0.2, 0.25) is 5.91 Å². The first-order chi connectivity index (χ1) is 14.0. The Morgan fingerprint density at radius 3 is 2.69 bits per heavy atom. The zero-order chi connectivity index (χ0) is 20.4. The van der Waals surface area contributed by atoms with Gasteiger partial charge in [-0.2, -0.15) is 0 Å². The molecule has 0 unspecified atom stereocenters. The van der Waals surface area contributed by atoms with E-state index in [0.717, 1.165) is 25.8 Å². The van der Waals surface area contributed by atoms with Gasteiger partial charge in [-0.15, -0.1) is 0 Å². The molecular formula is C22H22FN3O2S. The van der Waals surface area contributed by atoms with Crippen LogP contribution in [0.2, 0.25) is 0 Å². The summed E-state index contributed by atoms with van der Waals surface area (Å²) >= 11 is 1.25. The molecular weight excluding hydrogens is 389 g/mol. The fourth-order valence-corrected chi connectivity index (χ4v) is 4.60. The number of piperidine rings is 1. The van der Waals surface area contributed by atoms with Crippen LogP contribution in [-0.2, 0) is 4.79 Å². The molecule has 1 atom stereocenters. The number of thioether (sulfide) groups is 1. The van der Waals surface area contributed by atoms with Crippen LogP contribution in [-0.4, -0.2) is 38.7 Å². The van der Waals surface area contributed by atoms with Crippen molar-refractivity contribution in [3.05, 3.63) is 64.7 Å². The Morgan fingerprint density at radius 2 is 1.93 bits per heavy atom. The predicted molar refractivity (Wildman–Crippen MR) is 113 cm³/mol. The maximum Gasteiger partial charge on any atom is 0.266 e. The van der Waals surface area contributed by atoms with Crippen LogP contribution in [0.15, 0.2) is 58.5 Å². The average molecular weight is 412 g/mol. The van der Waals surface area contributed by atoms with Crippen molar-refractivity contribution in [2.75, 3.05) is 12.3 Å². The average Bonchev–Trinajstić information content (AvgIpc) is 2.73. The lowest BCUT2D eigenvalue weighted by atomic mass is 10.0. The van der Waals surface area contributed by atoms with Crippen molar-refractivity contribution < 1.29 is 9.18 Å². The van der Waals surface area contributed by atoms with E-state index < -0.39 is 0 Å². The molecule has 4 rings (SSSR count). The Morgan fingerprint density at radius 1 is 1.17 bits per heavy atom. The number of carbonyl (C=O) groups excluding carboxylic acids is 1. The fraction of sp³-hybridized carbons (Fsp3) is 0.318. The Balaban J connectivity index is 1.70. The van der Waals surface area contributed by atoms with Crippen molar-refractivity contribution in [1.82, 2.24) is 14.5 Å². The van der Waals surface area contributed by atoms with Crippen molar-refractivity contribution in [3.8, 4) is 5.69 Å². The molecule has 1 fully saturated rings. The minimum absolute atomic E-state index is 0.0512. The number of halogens is 1. The van der Waals surface area contributed by atoms with Gasteiger partial charge in [0.25, 0.3) is 5.56 Å². The normalized spacial score (nSPS) is 16.9. The summed E-state index contributed by atoms with van der Waals surface area (Å²) in [6, 6.07) is 13.1. The van der Waals surface area contributed by atoms with Crippen LogP contribution in [0.3, 0.4) is 0 Å². The highest BCUT2D eigenvalue weighted by Gasteiger charge is 2.24. The number of aromatic nitrogens is 2. The molecule has 1 saturated heterocycles. The number of likely N-dealkylation sites (tertiary alicyclic amines) is 1. The lowest BCUT2D eigenvalue weighted by Crippen LogP contribution is -2.43. The Hall–Kier alpha value is -2.67. The molecule has 3 aromatic rings. The molecule has 0 saturated carbocycles. The smallest absolute Gasteiger partial charge is 0.266 e. The van der Waals surface area contributed by atoms with Gasteiger partial charge in [0, 0.05) is 12.6 Å². The molecule has 29 heavy (non-hydrogen) atoms. The Bertz CT molecular complexity index is 1100. The third-order valence-electron chi connectivity index (χ3n) is 5.28. The number of hydrogen-bond donors (Lipinski definition) is 0. The topological polar surface area (TPSA) is 55.2 Å². The van der Waals surface area contributed by atoms with Crippen LogP contribution in [0, 0.1) is 5.82 Å². The van der Waals surface area contributed by atoms with Crippen LogP contribution in [0.1, 0.15) is 26.2 Å². The molecule has 150 valence electrons. The van der Waals surface area contributed by atoms with Gasteiger partial charge in [-0.25, -0.2) is 9.37 Å². The second-order valence-electron chi connectivity index (χ2n) is 7.25. The number of amides is 1. The van der Waals surface area contributed by atoms with E-state index in [0.29, 0.717) is 21.7 Å². The summed E-state index contributed by atoms with van der Waals surface area (Å²) in [4.78, 5) is 32.5. The van der Waals surface area contributed by atoms with Crippen molar-refractivity contribution in [3.63, 3.8) is 0 Å². The van der Waals surface area contributed by atoms with Crippen LogP contribution in [0.25, 0.3) is 16.6 Å². The summed E-state index contributed by atoms with van der Waals surface area (Å²) in [7, 11) is 0. The number of hydrogen-bond acceptors (Lipinski definition) is 4. The number of benzene rings is 2. The highest BCUT2D eigenvalue weighted by molar-refractivity contribution is 7.99. The van der Waals surface area contributed by atoms with Gasteiger partial charge in [-0.3, -0.25) is 14.2 Å². The molecule has 0 N–H and O–H groups in total. The lowest BCUT2D eigenvalue weighted by Gasteiger charge is -2.33. The second kappa shape index (κ2) is 8.37. The molecule has 1 amide bonds. The predicted octanol–water partition coefficient (Wildman–Crippen LogP) is 4.02. The number of carbonyl (C=O) groups is 1. The molecule has 0 aliphatic carbocycles. The van der Waals surface area contributed by atoms with Crippen LogP contribution in [0.4, 0.5) is 4.39 Å². The monoisotopic (exact) mass is 411 g/mol. The van der Waals surface area contributed by atoms with Crippen LogP contribution in [0.5, 0.6) is 0 Å². The molecule has 5 nitrogen and oxygen atoms in total. The van der Waals surface area contributed by atoms with Gasteiger partial charge in [0.05, 0.1) is 22.3 Å². The zero-order valence-corrected chi connectivity index (χ0v) is 17.0. The van der Waals surface area contributed by atoms with Crippen LogP contribution >= 0.6 is 11.8 Å². The van der Waals surface area contributed by atoms with Gasteiger partial charge in [-0.05, 0) is 62.6 Å². The summed E-state index contributed by atoms with van der Waals surface area (Å²) < 4.78 is 14.9. The Labute approximate surface area is 172 Å². The number of fused-ring (bicyclic) bond motifs is 1. The molecule has 0 spiro atoms. The molecule has 2 aromatic carbocycles. The molecule has 7 heteroatoms. The van der Waals surface area contributed by atoms with Gasteiger partial charge < -0.3 is 4.90 Å². The second-order valence-corrected chi connectivity index (χ2v) is 8.19. The van der Waals surface area contributed by atoms with Crippen molar-refractivity contribution >= 4 is 28.6 Å². The van der Waals surface area contributed by atoms with Crippen LogP contribution < -0.4 is 5.56 Å². The molecule has 1 aliphatic heterocycles. The summed E-state index contributed by atoms with van der Waals surface area (Å²) in [6.45, 7) is 2.85. The third-order valence-corrected chi connectivity index (χ3v) is 6.20. The lowest BCUT2D eigenvalue weighted by molar-refractivity contribution is -0.131. The van der Waals surface area contributed by atoms with Gasteiger partial charge in [0.1, 0.15) is 5.82 Å². The van der Waals surface area contributed by atoms with E-state index in [2.05, 4.69) is 11.9 Å². The van der Waals surface area contributed by atoms with E-state index in [1.807, 2.05) is 11.0 Å². The Kier molecular flexibility index (Phi) is 5.67. The van der Waals surface area contributed by atoms with E-state index in [1.54, 1.807) is 30.3 Å². The number of rotatable bonds is 4. The summed E-state index contributed by atoms with van der Waals surface area (Å²) in [5.74, 6) is -0.120. The molecule has 2 heterocycles. The van der Waals surface area contributed by atoms with E-state index >= 15 is 0 Å². The van der Waals surface area contributed by atoms with Crippen molar-refractivity contribution in [2.45, 2.75) is 37.4 Å². The molecule has 1 aromatic heterocycles. The first kappa shape index (κ1) is 19.6. The van der Waals surface area contributed by atoms with E-state index in [9.17, 15) is 14.0 Å². The minimum Gasteiger partial charge on any atom is -0.339 e. The van der Waals surface area contributed by atoms with Crippen molar-refractivity contribution in [1.29, 1.82) is 0 Å². The fourth-order valence-electron chi connectivity index (χ4n) is 3.70. The van der Waals surface area contributed by atoms with Gasteiger partial charge in [0.15, 0.2) is 5.16 Å². The standard InChI is InChI=1S/C22H22FN3O2S/c1-15-6-4-5-13-25(15)20(27)14-29-22-24-19-8-3-2-7-18(19)21(28)26(22)17-11-9-16(23)10-12-17/h2-3,7-12,15H,4-6,13-14H2,1H3/t15-/m1/s1. The first-order valence-electron chi connectivity index (χ1n) is 9.74. The van der Waals surface area contributed by atoms with Gasteiger partial charge in [-0.1, -0.05) is 23.9 Å².